The molecule has 3 nitrogen and oxygen atoms in total. The maximum absolute atomic E-state index is 5.91. The summed E-state index contributed by atoms with van der Waals surface area (Å²) in [4.78, 5) is 0. The number of hydrogen-bond donors (Lipinski definition) is 2. The van der Waals surface area contributed by atoms with Crippen LogP contribution in [0.5, 0.6) is 5.75 Å². The van der Waals surface area contributed by atoms with Gasteiger partial charge in [0.25, 0.3) is 0 Å². The van der Waals surface area contributed by atoms with Gasteiger partial charge in [0.05, 0.1) is 7.11 Å². The van der Waals surface area contributed by atoms with Gasteiger partial charge >= 0.3 is 0 Å². The summed E-state index contributed by atoms with van der Waals surface area (Å²) in [6, 6.07) is 12.4. The van der Waals surface area contributed by atoms with Crippen LogP contribution in [0.4, 0.5) is 0 Å². The molecule has 0 spiro atoms. The van der Waals surface area contributed by atoms with Gasteiger partial charge in [-0.25, -0.2) is 0 Å². The number of benzene rings is 2. The Bertz CT molecular complexity index is 566. The Morgan fingerprint density at radius 3 is 2.79 bits per heavy atom. The van der Waals surface area contributed by atoms with E-state index in [1.165, 1.54) is 10.8 Å². The van der Waals surface area contributed by atoms with Crippen LogP contribution < -0.4 is 15.8 Å². The van der Waals surface area contributed by atoms with E-state index in [4.69, 9.17) is 10.5 Å². The van der Waals surface area contributed by atoms with Crippen molar-refractivity contribution in [2.24, 2.45) is 5.73 Å². The van der Waals surface area contributed by atoms with Gasteiger partial charge in [-0.15, -0.1) is 6.58 Å². The summed E-state index contributed by atoms with van der Waals surface area (Å²) in [5.41, 5.74) is 7.02. The van der Waals surface area contributed by atoms with Gasteiger partial charge in [-0.05, 0) is 16.8 Å². The number of hydrogen-bond acceptors (Lipinski definition) is 3. The second-order valence-electron chi connectivity index (χ2n) is 4.39. The van der Waals surface area contributed by atoms with Crippen LogP contribution in [0.15, 0.2) is 49.1 Å². The highest BCUT2D eigenvalue weighted by Crippen LogP contribution is 2.32. The maximum Gasteiger partial charge on any atom is 0.124 e. The number of methoxy groups -OCH3 is 1. The number of nitrogens with one attached hydrogen (secondary N) is 1. The highest BCUT2D eigenvalue weighted by Gasteiger charge is 2.17. The van der Waals surface area contributed by atoms with Crippen molar-refractivity contribution in [3.63, 3.8) is 0 Å². The van der Waals surface area contributed by atoms with Crippen LogP contribution >= 0.6 is 0 Å². The Hall–Kier alpha value is -1.84. The third-order valence-corrected chi connectivity index (χ3v) is 3.24. The first-order chi connectivity index (χ1) is 9.31. The molecule has 2 rings (SSSR count). The number of fused-ring (bicyclic) bond motifs is 1. The highest BCUT2D eigenvalue weighted by atomic mass is 16.5. The molecule has 2 aromatic rings. The number of ether oxygens (including phenoxy) is 1. The molecule has 0 bridgehead atoms. The van der Waals surface area contributed by atoms with Gasteiger partial charge in [0, 0.05) is 24.7 Å². The van der Waals surface area contributed by atoms with Crippen LogP contribution in [-0.4, -0.2) is 20.2 Å². The molecule has 1 unspecified atom stereocenters. The van der Waals surface area contributed by atoms with E-state index < -0.39 is 0 Å². The fourth-order valence-electron chi connectivity index (χ4n) is 2.34. The first kappa shape index (κ1) is 13.6. The molecule has 0 radical (unpaired) electrons. The van der Waals surface area contributed by atoms with E-state index in [1.807, 2.05) is 24.3 Å². The minimum absolute atomic E-state index is 0.0547. The topological polar surface area (TPSA) is 47.3 Å². The van der Waals surface area contributed by atoms with Crippen molar-refractivity contribution < 1.29 is 4.74 Å². The lowest BCUT2D eigenvalue weighted by Crippen LogP contribution is -2.28. The summed E-state index contributed by atoms with van der Waals surface area (Å²) in [5, 5.41) is 5.75. The van der Waals surface area contributed by atoms with Crippen LogP contribution in [0.25, 0.3) is 10.8 Å². The summed E-state index contributed by atoms with van der Waals surface area (Å²) in [5.74, 6) is 0.866. The lowest BCUT2D eigenvalue weighted by Gasteiger charge is -2.21. The molecule has 0 saturated carbocycles. The summed E-state index contributed by atoms with van der Waals surface area (Å²) in [6.07, 6.45) is 1.83. The molecule has 3 N–H and O–H groups in total. The lowest BCUT2D eigenvalue weighted by atomic mass is 9.97. The molecule has 2 aromatic carbocycles. The molecule has 0 aliphatic carbocycles. The molecule has 0 amide bonds. The zero-order valence-corrected chi connectivity index (χ0v) is 11.2. The average Bonchev–Trinajstić information content (AvgIpc) is 2.47. The van der Waals surface area contributed by atoms with Crippen LogP contribution in [0, 0.1) is 0 Å². The van der Waals surface area contributed by atoms with Crippen LogP contribution in [0.3, 0.4) is 0 Å². The fraction of sp³-hybridized carbons (Fsp3) is 0.250. The standard InChI is InChI=1S/C16H20N2O/c1-3-10-18-14(11-17)16-13-7-5-4-6-12(13)8-9-15(16)19-2/h3-9,14,18H,1,10-11,17H2,2H3. The lowest BCUT2D eigenvalue weighted by molar-refractivity contribution is 0.402. The second kappa shape index (κ2) is 6.36. The Labute approximate surface area is 114 Å². The molecule has 1 atom stereocenters. The molecule has 3 heteroatoms. The third-order valence-electron chi connectivity index (χ3n) is 3.24. The Balaban J connectivity index is 2.56. The fourth-order valence-corrected chi connectivity index (χ4v) is 2.34. The molecular weight excluding hydrogens is 236 g/mol. The van der Waals surface area contributed by atoms with Crippen LogP contribution in [0.1, 0.15) is 11.6 Å². The monoisotopic (exact) mass is 256 g/mol. The van der Waals surface area contributed by atoms with Gasteiger partial charge in [0.1, 0.15) is 5.75 Å². The molecule has 0 aliphatic heterocycles. The van der Waals surface area contributed by atoms with E-state index in [1.54, 1.807) is 7.11 Å². The van der Waals surface area contributed by atoms with Crippen molar-refractivity contribution in [2.45, 2.75) is 6.04 Å². The predicted octanol–water partition coefficient (Wildman–Crippen LogP) is 2.62. The maximum atomic E-state index is 5.91. The van der Waals surface area contributed by atoms with Gasteiger partial charge in [-0.2, -0.15) is 0 Å². The van der Waals surface area contributed by atoms with Crippen molar-refractivity contribution in [1.82, 2.24) is 5.32 Å². The molecular formula is C16H20N2O. The van der Waals surface area contributed by atoms with E-state index in [2.05, 4.69) is 30.1 Å². The highest BCUT2D eigenvalue weighted by molar-refractivity contribution is 5.88. The predicted molar refractivity (Wildman–Crippen MR) is 80.5 cm³/mol. The van der Waals surface area contributed by atoms with Gasteiger partial charge in [-0.1, -0.05) is 36.4 Å². The van der Waals surface area contributed by atoms with Crippen molar-refractivity contribution in [1.29, 1.82) is 0 Å². The van der Waals surface area contributed by atoms with Gasteiger partial charge < -0.3 is 15.8 Å². The Kier molecular flexibility index (Phi) is 4.55. The summed E-state index contributed by atoms with van der Waals surface area (Å²) >= 11 is 0. The van der Waals surface area contributed by atoms with Gasteiger partial charge in [0.15, 0.2) is 0 Å². The van der Waals surface area contributed by atoms with Gasteiger partial charge in [-0.3, -0.25) is 0 Å². The first-order valence-electron chi connectivity index (χ1n) is 6.41. The smallest absolute Gasteiger partial charge is 0.124 e. The Morgan fingerprint density at radius 1 is 1.32 bits per heavy atom. The zero-order chi connectivity index (χ0) is 13.7. The molecule has 0 aromatic heterocycles. The largest absolute Gasteiger partial charge is 0.496 e. The van der Waals surface area contributed by atoms with E-state index in [0.717, 1.165) is 11.3 Å². The van der Waals surface area contributed by atoms with Crippen LogP contribution in [-0.2, 0) is 0 Å². The minimum Gasteiger partial charge on any atom is -0.496 e. The molecule has 100 valence electrons. The SMILES string of the molecule is C=CCNC(CN)c1c(OC)ccc2ccccc12. The molecule has 19 heavy (non-hydrogen) atoms. The molecule has 0 saturated heterocycles. The summed E-state index contributed by atoms with van der Waals surface area (Å²) < 4.78 is 5.49. The van der Waals surface area contributed by atoms with Crippen molar-refractivity contribution >= 4 is 10.8 Å². The van der Waals surface area contributed by atoms with E-state index in [-0.39, 0.29) is 6.04 Å². The van der Waals surface area contributed by atoms with Crippen molar-refractivity contribution in [2.75, 3.05) is 20.2 Å². The summed E-state index contributed by atoms with van der Waals surface area (Å²) in [7, 11) is 1.69. The van der Waals surface area contributed by atoms with Crippen molar-refractivity contribution in [3.05, 3.63) is 54.6 Å². The first-order valence-corrected chi connectivity index (χ1v) is 6.41. The third kappa shape index (κ3) is 2.78. The minimum atomic E-state index is 0.0547. The Morgan fingerprint density at radius 2 is 2.11 bits per heavy atom. The van der Waals surface area contributed by atoms with Crippen LogP contribution in [0.2, 0.25) is 0 Å². The normalized spacial score (nSPS) is 12.3. The van der Waals surface area contributed by atoms with E-state index in [0.29, 0.717) is 13.1 Å². The zero-order valence-electron chi connectivity index (χ0n) is 11.2. The molecule has 0 fully saturated rings. The summed E-state index contributed by atoms with van der Waals surface area (Å²) in [6.45, 7) is 4.96. The van der Waals surface area contributed by atoms with E-state index >= 15 is 0 Å². The van der Waals surface area contributed by atoms with Gasteiger partial charge in [0.2, 0.25) is 0 Å². The number of nitrogens with two attached hydrogens (primary N) is 1. The van der Waals surface area contributed by atoms with Crippen molar-refractivity contribution in [3.8, 4) is 5.75 Å². The second-order valence-corrected chi connectivity index (χ2v) is 4.39. The van der Waals surface area contributed by atoms with E-state index in [9.17, 15) is 0 Å². The molecule has 0 heterocycles. The number of rotatable bonds is 6. The molecule has 0 aliphatic rings. The quantitative estimate of drug-likeness (QED) is 0.781. The average molecular weight is 256 g/mol.